The second-order valence-corrected chi connectivity index (χ2v) is 6.01. The number of nitrogens with one attached hydrogen (secondary N) is 2. The van der Waals surface area contributed by atoms with Crippen LogP contribution in [0.15, 0.2) is 0 Å². The third kappa shape index (κ3) is 6.24. The first-order valence-electron chi connectivity index (χ1n) is 7.15. The van der Waals surface area contributed by atoms with Gasteiger partial charge in [-0.25, -0.2) is 4.79 Å². The fourth-order valence-electron chi connectivity index (χ4n) is 2.15. The van der Waals surface area contributed by atoms with E-state index in [2.05, 4.69) is 31.4 Å². The third-order valence-electron chi connectivity index (χ3n) is 3.45. The topological polar surface area (TPSA) is 50.4 Å². The van der Waals surface area contributed by atoms with Crippen molar-refractivity contribution in [1.29, 1.82) is 0 Å². The number of urea groups is 1. The fourth-order valence-corrected chi connectivity index (χ4v) is 2.15. The van der Waals surface area contributed by atoms with Crippen LogP contribution in [0.3, 0.4) is 0 Å². The van der Waals surface area contributed by atoms with Crippen molar-refractivity contribution in [2.75, 3.05) is 19.8 Å². The average molecular weight is 256 g/mol. The molecule has 0 radical (unpaired) electrons. The molecule has 1 rings (SSSR count). The molecule has 1 aliphatic rings. The number of unbranched alkanes of at least 4 members (excludes halogenated alkanes) is 2. The molecule has 1 unspecified atom stereocenters. The van der Waals surface area contributed by atoms with E-state index in [-0.39, 0.29) is 17.5 Å². The Morgan fingerprint density at radius 3 is 2.78 bits per heavy atom. The largest absolute Gasteiger partial charge is 0.379 e. The van der Waals surface area contributed by atoms with Crippen molar-refractivity contribution in [3.63, 3.8) is 0 Å². The van der Waals surface area contributed by atoms with E-state index in [1.165, 1.54) is 19.3 Å². The van der Waals surface area contributed by atoms with Crippen LogP contribution in [0.2, 0.25) is 0 Å². The molecule has 18 heavy (non-hydrogen) atoms. The smallest absolute Gasteiger partial charge is 0.315 e. The van der Waals surface area contributed by atoms with Gasteiger partial charge in [-0.2, -0.15) is 0 Å². The Morgan fingerprint density at radius 1 is 1.39 bits per heavy atom. The molecule has 2 N–H and O–H groups in total. The highest BCUT2D eigenvalue weighted by Crippen LogP contribution is 2.22. The highest BCUT2D eigenvalue weighted by molar-refractivity contribution is 5.74. The summed E-state index contributed by atoms with van der Waals surface area (Å²) in [6.45, 7) is 8.77. The predicted molar refractivity (Wildman–Crippen MR) is 73.7 cm³/mol. The molecule has 0 aromatic rings. The summed E-state index contributed by atoms with van der Waals surface area (Å²) in [5, 5.41) is 5.91. The highest BCUT2D eigenvalue weighted by atomic mass is 16.5. The Balaban J connectivity index is 2.15. The summed E-state index contributed by atoms with van der Waals surface area (Å²) >= 11 is 0. The Morgan fingerprint density at radius 2 is 2.17 bits per heavy atom. The fraction of sp³-hybridized carbons (Fsp3) is 0.929. The van der Waals surface area contributed by atoms with Gasteiger partial charge in [0.25, 0.3) is 0 Å². The van der Waals surface area contributed by atoms with Crippen molar-refractivity contribution >= 4 is 6.03 Å². The molecule has 1 heterocycles. The van der Waals surface area contributed by atoms with Gasteiger partial charge in [0, 0.05) is 13.2 Å². The standard InChI is InChI=1S/C14H28N2O2/c1-4-5-6-8-14(2,3)11-15-13(17)16-12-7-9-18-10-12/h12H,4-11H2,1-3H3,(H2,15,16,17). The van der Waals surface area contributed by atoms with Crippen LogP contribution >= 0.6 is 0 Å². The molecule has 4 heteroatoms. The van der Waals surface area contributed by atoms with Crippen LogP contribution in [0, 0.1) is 5.41 Å². The first-order valence-corrected chi connectivity index (χ1v) is 7.15. The SMILES string of the molecule is CCCCCC(C)(C)CNC(=O)NC1CCOC1. The van der Waals surface area contributed by atoms with Gasteiger partial charge in [-0.15, -0.1) is 0 Å². The van der Waals surface area contributed by atoms with E-state index < -0.39 is 0 Å². The van der Waals surface area contributed by atoms with Crippen LogP contribution in [-0.2, 0) is 4.74 Å². The molecule has 0 spiro atoms. The second kappa shape index (κ2) is 7.62. The Hall–Kier alpha value is -0.770. The van der Waals surface area contributed by atoms with Gasteiger partial charge in [0.15, 0.2) is 0 Å². The third-order valence-corrected chi connectivity index (χ3v) is 3.45. The number of hydrogen-bond donors (Lipinski definition) is 2. The molecule has 0 aliphatic carbocycles. The van der Waals surface area contributed by atoms with E-state index in [9.17, 15) is 4.79 Å². The number of amides is 2. The zero-order valence-corrected chi connectivity index (χ0v) is 12.1. The summed E-state index contributed by atoms with van der Waals surface area (Å²) in [4.78, 5) is 11.7. The highest BCUT2D eigenvalue weighted by Gasteiger charge is 2.21. The molecule has 1 aliphatic heterocycles. The second-order valence-electron chi connectivity index (χ2n) is 6.01. The number of rotatable bonds is 7. The Bertz CT molecular complexity index is 248. The van der Waals surface area contributed by atoms with E-state index in [1.54, 1.807) is 0 Å². The van der Waals surface area contributed by atoms with Gasteiger partial charge in [-0.3, -0.25) is 0 Å². The molecular formula is C14H28N2O2. The summed E-state index contributed by atoms with van der Waals surface area (Å²) in [5.74, 6) is 0. The summed E-state index contributed by atoms with van der Waals surface area (Å²) < 4.78 is 5.23. The molecule has 106 valence electrons. The molecule has 0 aromatic carbocycles. The van der Waals surface area contributed by atoms with Crippen LogP contribution in [0.5, 0.6) is 0 Å². The van der Waals surface area contributed by atoms with Gasteiger partial charge in [0.2, 0.25) is 0 Å². The summed E-state index contributed by atoms with van der Waals surface area (Å²) in [7, 11) is 0. The lowest BCUT2D eigenvalue weighted by Crippen LogP contribution is -2.45. The summed E-state index contributed by atoms with van der Waals surface area (Å²) in [6.07, 6.45) is 5.84. The summed E-state index contributed by atoms with van der Waals surface area (Å²) in [5.41, 5.74) is 0.179. The molecule has 4 nitrogen and oxygen atoms in total. The first-order chi connectivity index (χ1) is 8.53. The van der Waals surface area contributed by atoms with E-state index in [4.69, 9.17) is 4.74 Å². The van der Waals surface area contributed by atoms with Crippen molar-refractivity contribution in [3.05, 3.63) is 0 Å². The van der Waals surface area contributed by atoms with Crippen LogP contribution < -0.4 is 10.6 Å². The van der Waals surface area contributed by atoms with E-state index in [1.807, 2.05) is 0 Å². The molecule has 2 amide bonds. The first kappa shape index (κ1) is 15.3. The van der Waals surface area contributed by atoms with Crippen molar-refractivity contribution in [2.24, 2.45) is 5.41 Å². The van der Waals surface area contributed by atoms with Crippen molar-refractivity contribution in [2.45, 2.75) is 58.9 Å². The van der Waals surface area contributed by atoms with Crippen LogP contribution in [0.25, 0.3) is 0 Å². The van der Waals surface area contributed by atoms with Crippen LogP contribution in [0.4, 0.5) is 4.79 Å². The minimum absolute atomic E-state index is 0.0610. The Kier molecular flexibility index (Phi) is 6.47. The lowest BCUT2D eigenvalue weighted by molar-refractivity contribution is 0.187. The molecule has 1 saturated heterocycles. The summed E-state index contributed by atoms with van der Waals surface area (Å²) in [6, 6.07) is 0.127. The maximum atomic E-state index is 11.7. The molecule has 1 fully saturated rings. The lowest BCUT2D eigenvalue weighted by Gasteiger charge is -2.25. The minimum atomic E-state index is -0.0610. The van der Waals surface area contributed by atoms with Crippen molar-refractivity contribution < 1.29 is 9.53 Å². The van der Waals surface area contributed by atoms with Gasteiger partial charge in [-0.05, 0) is 18.3 Å². The van der Waals surface area contributed by atoms with Crippen LogP contribution in [0.1, 0.15) is 52.9 Å². The Labute approximate surface area is 111 Å². The maximum absolute atomic E-state index is 11.7. The minimum Gasteiger partial charge on any atom is -0.379 e. The average Bonchev–Trinajstić information content (AvgIpc) is 2.80. The normalized spacial score (nSPS) is 19.8. The van der Waals surface area contributed by atoms with Crippen molar-refractivity contribution in [3.8, 4) is 0 Å². The molecular weight excluding hydrogens is 228 g/mol. The van der Waals surface area contributed by atoms with Gasteiger partial charge in [0.1, 0.15) is 0 Å². The van der Waals surface area contributed by atoms with Gasteiger partial charge >= 0.3 is 6.03 Å². The van der Waals surface area contributed by atoms with Gasteiger partial charge < -0.3 is 15.4 Å². The quantitative estimate of drug-likeness (QED) is 0.688. The zero-order valence-electron chi connectivity index (χ0n) is 12.1. The molecule has 0 saturated carbocycles. The van der Waals surface area contributed by atoms with Gasteiger partial charge in [0.05, 0.1) is 12.6 Å². The molecule has 1 atom stereocenters. The van der Waals surface area contributed by atoms with Crippen molar-refractivity contribution in [1.82, 2.24) is 10.6 Å². The molecule has 0 aromatic heterocycles. The number of carbonyl (C=O) groups excluding carboxylic acids is 1. The van der Waals surface area contributed by atoms with Gasteiger partial charge in [-0.1, -0.05) is 40.0 Å². The maximum Gasteiger partial charge on any atom is 0.315 e. The van der Waals surface area contributed by atoms with Crippen LogP contribution in [-0.4, -0.2) is 31.8 Å². The van der Waals surface area contributed by atoms with E-state index in [0.717, 1.165) is 26.0 Å². The molecule has 0 bridgehead atoms. The lowest BCUT2D eigenvalue weighted by atomic mass is 9.87. The number of carbonyl (C=O) groups is 1. The predicted octanol–water partition coefficient (Wildman–Crippen LogP) is 2.68. The zero-order chi connectivity index (χ0) is 13.4. The van der Waals surface area contributed by atoms with E-state index >= 15 is 0 Å². The number of hydrogen-bond acceptors (Lipinski definition) is 2. The monoisotopic (exact) mass is 256 g/mol. The number of ether oxygens (including phenoxy) is 1. The van der Waals surface area contributed by atoms with E-state index in [0.29, 0.717) is 6.61 Å².